The summed E-state index contributed by atoms with van der Waals surface area (Å²) in [5.74, 6) is -0.447. The Hall–Kier alpha value is -3.07. The summed E-state index contributed by atoms with van der Waals surface area (Å²) in [4.78, 5) is 27.3. The molecule has 0 radical (unpaired) electrons. The van der Waals surface area contributed by atoms with Gasteiger partial charge in [-0.2, -0.15) is 0 Å². The summed E-state index contributed by atoms with van der Waals surface area (Å²) in [6.07, 6.45) is 2.95. The zero-order chi connectivity index (χ0) is 24.9. The van der Waals surface area contributed by atoms with Crippen LogP contribution in [0, 0.1) is 0 Å². The summed E-state index contributed by atoms with van der Waals surface area (Å²) in [5.41, 5.74) is 0.563. The lowest BCUT2D eigenvalue weighted by Crippen LogP contribution is -2.48. The van der Waals surface area contributed by atoms with E-state index in [-0.39, 0.29) is 22.4 Å². The van der Waals surface area contributed by atoms with Crippen molar-refractivity contribution < 1.29 is 27.5 Å². The fourth-order valence-electron chi connectivity index (χ4n) is 4.17. The third-order valence-corrected chi connectivity index (χ3v) is 7.97. The van der Waals surface area contributed by atoms with Crippen LogP contribution >= 0.6 is 0 Å². The largest absolute Gasteiger partial charge is 0.495 e. The molecule has 184 valence electrons. The maximum atomic E-state index is 13.1. The first-order valence-electron chi connectivity index (χ1n) is 11.4. The van der Waals surface area contributed by atoms with Crippen molar-refractivity contribution in [2.45, 2.75) is 56.6 Å². The second-order valence-corrected chi connectivity index (χ2v) is 10.3. The van der Waals surface area contributed by atoms with Crippen LogP contribution in [0.2, 0.25) is 0 Å². The van der Waals surface area contributed by atoms with Gasteiger partial charge in [0.1, 0.15) is 5.75 Å². The number of anilines is 1. The van der Waals surface area contributed by atoms with Crippen LogP contribution in [0.25, 0.3) is 0 Å². The van der Waals surface area contributed by atoms with Crippen LogP contribution in [0.5, 0.6) is 5.75 Å². The van der Waals surface area contributed by atoms with Gasteiger partial charge in [-0.15, -0.1) is 0 Å². The predicted molar refractivity (Wildman–Crippen MR) is 130 cm³/mol. The van der Waals surface area contributed by atoms with Crippen molar-refractivity contribution >= 4 is 27.6 Å². The van der Waals surface area contributed by atoms with Crippen LogP contribution in [-0.4, -0.2) is 58.0 Å². The lowest BCUT2D eigenvalue weighted by Gasteiger charge is -2.36. The SMILES string of the molecule is CCC1CCCCN1C(=O)C(C)OC(=O)c1ccc(S(=O)(=O)N(C)c2ccccc2OC)cc1. The average Bonchev–Trinajstić information content (AvgIpc) is 2.87. The maximum Gasteiger partial charge on any atom is 0.338 e. The van der Waals surface area contributed by atoms with Gasteiger partial charge >= 0.3 is 5.97 Å². The van der Waals surface area contributed by atoms with Crippen molar-refractivity contribution in [3.8, 4) is 5.75 Å². The van der Waals surface area contributed by atoms with E-state index >= 15 is 0 Å². The number of carbonyl (C=O) groups excluding carboxylic acids is 2. The molecule has 1 amide bonds. The lowest BCUT2D eigenvalue weighted by molar-refractivity contribution is -0.143. The van der Waals surface area contributed by atoms with Gasteiger partial charge in [0.05, 0.1) is 23.3 Å². The second kappa shape index (κ2) is 10.9. The van der Waals surface area contributed by atoms with E-state index in [9.17, 15) is 18.0 Å². The van der Waals surface area contributed by atoms with E-state index < -0.39 is 22.1 Å². The summed E-state index contributed by atoms with van der Waals surface area (Å²) in [7, 11) is -0.978. The molecule has 0 saturated carbocycles. The van der Waals surface area contributed by atoms with E-state index in [4.69, 9.17) is 9.47 Å². The number of benzene rings is 2. The number of hydrogen-bond acceptors (Lipinski definition) is 6. The Bertz CT molecular complexity index is 1120. The molecule has 1 aliphatic rings. The number of amides is 1. The predicted octanol–water partition coefficient (Wildman–Crippen LogP) is 3.86. The second-order valence-electron chi connectivity index (χ2n) is 8.31. The zero-order valence-corrected chi connectivity index (χ0v) is 20.9. The van der Waals surface area contributed by atoms with E-state index in [2.05, 4.69) is 0 Å². The highest BCUT2D eigenvalue weighted by atomic mass is 32.2. The first-order chi connectivity index (χ1) is 16.2. The summed E-state index contributed by atoms with van der Waals surface area (Å²) >= 11 is 0. The molecule has 2 unspecified atom stereocenters. The molecule has 1 aliphatic heterocycles. The Morgan fingerprint density at radius 2 is 1.79 bits per heavy atom. The summed E-state index contributed by atoms with van der Waals surface area (Å²) in [5, 5.41) is 0. The number of piperidine rings is 1. The monoisotopic (exact) mass is 488 g/mol. The third-order valence-electron chi connectivity index (χ3n) is 6.19. The summed E-state index contributed by atoms with van der Waals surface area (Å²) < 4.78 is 38.0. The molecule has 1 fully saturated rings. The highest BCUT2D eigenvalue weighted by Crippen LogP contribution is 2.31. The van der Waals surface area contributed by atoms with E-state index in [1.165, 1.54) is 38.4 Å². The quantitative estimate of drug-likeness (QED) is 0.524. The minimum Gasteiger partial charge on any atom is -0.495 e. The molecule has 8 nitrogen and oxygen atoms in total. The first-order valence-corrected chi connectivity index (χ1v) is 12.9. The zero-order valence-electron chi connectivity index (χ0n) is 20.1. The number of sulfonamides is 1. The number of nitrogens with zero attached hydrogens (tertiary/aromatic N) is 2. The normalized spacial score (nSPS) is 17.1. The molecule has 2 aromatic rings. The summed E-state index contributed by atoms with van der Waals surface area (Å²) in [6.45, 7) is 4.29. The number of ether oxygens (including phenoxy) is 2. The van der Waals surface area contributed by atoms with Crippen molar-refractivity contribution in [3.63, 3.8) is 0 Å². The number of esters is 1. The molecule has 0 spiro atoms. The van der Waals surface area contributed by atoms with Crippen molar-refractivity contribution in [2.75, 3.05) is 25.0 Å². The molecule has 2 atom stereocenters. The molecule has 0 aliphatic carbocycles. The van der Waals surface area contributed by atoms with Gasteiger partial charge in [0, 0.05) is 19.6 Å². The Labute approximate surface area is 201 Å². The van der Waals surface area contributed by atoms with Crippen molar-refractivity contribution in [1.82, 2.24) is 4.90 Å². The Kier molecular flexibility index (Phi) is 8.19. The Balaban J connectivity index is 1.71. The lowest BCUT2D eigenvalue weighted by atomic mass is 9.99. The van der Waals surface area contributed by atoms with E-state index in [1.54, 1.807) is 31.2 Å². The van der Waals surface area contributed by atoms with E-state index in [1.807, 2.05) is 11.8 Å². The Morgan fingerprint density at radius 1 is 1.12 bits per heavy atom. The molecule has 0 aromatic heterocycles. The highest BCUT2D eigenvalue weighted by molar-refractivity contribution is 7.92. The molecule has 0 N–H and O–H groups in total. The fourth-order valence-corrected chi connectivity index (χ4v) is 5.37. The topological polar surface area (TPSA) is 93.2 Å². The standard InChI is InChI=1S/C25H32N2O6S/c1-5-20-10-8-9-17-27(20)24(28)18(2)33-25(29)19-13-15-21(16-14-19)34(30,31)26(3)22-11-6-7-12-23(22)32-4/h6-7,11-16,18,20H,5,8-10,17H2,1-4H3. The van der Waals surface area contributed by atoms with Crippen molar-refractivity contribution in [2.24, 2.45) is 0 Å². The molecule has 3 rings (SSSR count). The minimum absolute atomic E-state index is 0.0145. The number of rotatable bonds is 8. The van der Waals surface area contributed by atoms with Crippen LogP contribution in [0.15, 0.2) is 53.4 Å². The number of methoxy groups -OCH3 is 1. The highest BCUT2D eigenvalue weighted by Gasteiger charge is 2.31. The molecule has 34 heavy (non-hydrogen) atoms. The number of para-hydroxylation sites is 2. The summed E-state index contributed by atoms with van der Waals surface area (Å²) in [6, 6.07) is 12.4. The van der Waals surface area contributed by atoms with Gasteiger partial charge in [-0.25, -0.2) is 13.2 Å². The van der Waals surface area contributed by atoms with Crippen LogP contribution in [-0.2, 0) is 19.6 Å². The number of hydrogen-bond donors (Lipinski definition) is 0. The van der Waals surface area contributed by atoms with Gasteiger partial charge in [0.15, 0.2) is 6.10 Å². The number of carbonyl (C=O) groups is 2. The van der Waals surface area contributed by atoms with Gasteiger partial charge in [0.25, 0.3) is 15.9 Å². The smallest absolute Gasteiger partial charge is 0.338 e. The fraction of sp³-hybridized carbons (Fsp3) is 0.440. The van der Waals surface area contributed by atoms with Crippen molar-refractivity contribution in [3.05, 3.63) is 54.1 Å². The molecule has 9 heteroatoms. The number of likely N-dealkylation sites (tertiary alicyclic amines) is 1. The van der Waals surface area contributed by atoms with E-state index in [0.717, 1.165) is 30.0 Å². The van der Waals surface area contributed by atoms with Gasteiger partial charge < -0.3 is 14.4 Å². The molecular formula is C25H32N2O6S. The van der Waals surface area contributed by atoms with Crippen LogP contribution in [0.3, 0.4) is 0 Å². The Morgan fingerprint density at radius 3 is 2.44 bits per heavy atom. The first kappa shape index (κ1) is 25.6. The van der Waals surface area contributed by atoms with Crippen molar-refractivity contribution in [1.29, 1.82) is 0 Å². The third kappa shape index (κ3) is 5.35. The minimum atomic E-state index is -3.89. The van der Waals surface area contributed by atoms with Gasteiger partial charge in [-0.05, 0) is 69.0 Å². The van der Waals surface area contributed by atoms with Crippen LogP contribution in [0.4, 0.5) is 5.69 Å². The maximum absolute atomic E-state index is 13.1. The average molecular weight is 489 g/mol. The molecule has 1 heterocycles. The van der Waals surface area contributed by atoms with Crippen LogP contribution in [0.1, 0.15) is 49.9 Å². The van der Waals surface area contributed by atoms with Gasteiger partial charge in [-0.3, -0.25) is 9.10 Å². The van der Waals surface area contributed by atoms with Gasteiger partial charge in [-0.1, -0.05) is 19.1 Å². The van der Waals surface area contributed by atoms with Gasteiger partial charge in [0.2, 0.25) is 0 Å². The molecule has 1 saturated heterocycles. The van der Waals surface area contributed by atoms with E-state index in [0.29, 0.717) is 18.0 Å². The van der Waals surface area contributed by atoms with Crippen LogP contribution < -0.4 is 9.04 Å². The molecule has 2 aromatic carbocycles. The molecule has 0 bridgehead atoms. The molecular weight excluding hydrogens is 456 g/mol.